The summed E-state index contributed by atoms with van der Waals surface area (Å²) < 4.78 is 29.2. The Hall–Kier alpha value is -3.41. The van der Waals surface area contributed by atoms with Crippen molar-refractivity contribution in [2.75, 3.05) is 13.7 Å². The number of ether oxygens (including phenoxy) is 3. The molecule has 27 heavy (non-hydrogen) atoms. The minimum Gasteiger partial charge on any atom is -0.493 e. The fourth-order valence-electron chi connectivity index (χ4n) is 2.38. The minimum atomic E-state index is -0.574. The first-order valence-corrected chi connectivity index (χ1v) is 8.20. The van der Waals surface area contributed by atoms with E-state index in [1.807, 2.05) is 6.92 Å². The molecule has 0 aliphatic carbocycles. The number of esters is 1. The molecule has 6 heteroatoms. The number of carbonyl (C=O) groups is 1. The van der Waals surface area contributed by atoms with Crippen LogP contribution in [0.2, 0.25) is 0 Å². The standard InChI is InChI=1S/C21H18FNO4/c1-13(2)12-26-19-11-14(4-9-18(19)25-3)10-17-21(24)27-20(23-17)15-5-7-16(22)8-6-15/h4-11H,1,12H2,2-3H3/b17-10-. The first kappa shape index (κ1) is 18.4. The number of halogens is 1. The molecule has 0 amide bonds. The van der Waals surface area contributed by atoms with Crippen molar-refractivity contribution in [1.29, 1.82) is 0 Å². The van der Waals surface area contributed by atoms with Crippen LogP contribution in [0, 0.1) is 5.82 Å². The average Bonchev–Trinajstić information content (AvgIpc) is 3.01. The molecule has 1 aliphatic heterocycles. The van der Waals surface area contributed by atoms with Crippen LogP contribution in [0.5, 0.6) is 11.5 Å². The molecule has 2 aromatic carbocycles. The number of rotatable bonds is 6. The molecule has 0 bridgehead atoms. The lowest BCUT2D eigenvalue weighted by Gasteiger charge is -2.11. The maximum Gasteiger partial charge on any atom is 0.363 e. The second kappa shape index (κ2) is 7.86. The molecule has 1 aliphatic rings. The van der Waals surface area contributed by atoms with Crippen molar-refractivity contribution in [3.8, 4) is 11.5 Å². The molecule has 3 rings (SSSR count). The number of hydrogen-bond acceptors (Lipinski definition) is 5. The van der Waals surface area contributed by atoms with Crippen molar-refractivity contribution in [2.45, 2.75) is 6.92 Å². The molecule has 0 radical (unpaired) electrons. The SMILES string of the molecule is C=C(C)COc1cc(/C=C2\N=C(c3ccc(F)cc3)OC2=O)ccc1OC. The van der Waals surface area contributed by atoms with Gasteiger partial charge in [0.05, 0.1) is 7.11 Å². The molecule has 0 aromatic heterocycles. The first-order valence-electron chi connectivity index (χ1n) is 8.20. The van der Waals surface area contributed by atoms with Crippen LogP contribution in [-0.2, 0) is 9.53 Å². The highest BCUT2D eigenvalue weighted by Crippen LogP contribution is 2.30. The zero-order valence-electron chi connectivity index (χ0n) is 15.0. The highest BCUT2D eigenvalue weighted by molar-refractivity contribution is 6.12. The third-order valence-electron chi connectivity index (χ3n) is 3.68. The van der Waals surface area contributed by atoms with E-state index in [9.17, 15) is 9.18 Å². The zero-order chi connectivity index (χ0) is 19.4. The molecule has 0 spiro atoms. The third-order valence-corrected chi connectivity index (χ3v) is 3.68. The summed E-state index contributed by atoms with van der Waals surface area (Å²) in [5, 5.41) is 0. The molecule has 5 nitrogen and oxygen atoms in total. The Morgan fingerprint density at radius 3 is 2.63 bits per heavy atom. The summed E-state index contributed by atoms with van der Waals surface area (Å²) in [6, 6.07) is 10.8. The number of aliphatic imine (C=N–C) groups is 1. The Kier molecular flexibility index (Phi) is 5.35. The van der Waals surface area contributed by atoms with Crippen molar-refractivity contribution in [3.63, 3.8) is 0 Å². The van der Waals surface area contributed by atoms with Gasteiger partial charge in [0.25, 0.3) is 0 Å². The first-order chi connectivity index (χ1) is 13.0. The zero-order valence-corrected chi connectivity index (χ0v) is 15.0. The van der Waals surface area contributed by atoms with Crippen LogP contribution < -0.4 is 9.47 Å². The van der Waals surface area contributed by atoms with Gasteiger partial charge in [-0.3, -0.25) is 0 Å². The van der Waals surface area contributed by atoms with E-state index in [-0.39, 0.29) is 17.4 Å². The fraction of sp³-hybridized carbons (Fsp3) is 0.143. The quantitative estimate of drug-likeness (QED) is 0.438. The second-order valence-electron chi connectivity index (χ2n) is 6.00. The molecule has 1 heterocycles. The summed E-state index contributed by atoms with van der Waals surface area (Å²) in [7, 11) is 1.55. The largest absolute Gasteiger partial charge is 0.493 e. The van der Waals surface area contributed by atoms with Crippen LogP contribution in [0.15, 0.2) is 65.3 Å². The van der Waals surface area contributed by atoms with Gasteiger partial charge >= 0.3 is 5.97 Å². The molecular formula is C21H18FNO4. The van der Waals surface area contributed by atoms with E-state index >= 15 is 0 Å². The van der Waals surface area contributed by atoms with Crippen LogP contribution in [0.1, 0.15) is 18.1 Å². The second-order valence-corrected chi connectivity index (χ2v) is 6.00. The molecule has 0 atom stereocenters. The van der Waals surface area contributed by atoms with Crippen molar-refractivity contribution in [2.24, 2.45) is 4.99 Å². The summed E-state index contributed by atoms with van der Waals surface area (Å²) in [5.41, 5.74) is 2.23. The van der Waals surface area contributed by atoms with Gasteiger partial charge < -0.3 is 14.2 Å². The van der Waals surface area contributed by atoms with Gasteiger partial charge in [-0.25, -0.2) is 14.2 Å². The summed E-state index contributed by atoms with van der Waals surface area (Å²) in [4.78, 5) is 16.3. The molecule has 0 N–H and O–H groups in total. The summed E-state index contributed by atoms with van der Waals surface area (Å²) in [6.45, 7) is 6.02. The van der Waals surface area contributed by atoms with E-state index in [0.29, 0.717) is 29.2 Å². The molecule has 0 saturated carbocycles. The van der Waals surface area contributed by atoms with E-state index < -0.39 is 5.97 Å². The number of nitrogens with zero attached hydrogens (tertiary/aromatic N) is 1. The van der Waals surface area contributed by atoms with Gasteiger partial charge in [-0.2, -0.15) is 0 Å². The topological polar surface area (TPSA) is 57.1 Å². The average molecular weight is 367 g/mol. The Morgan fingerprint density at radius 1 is 1.22 bits per heavy atom. The maximum atomic E-state index is 13.0. The van der Waals surface area contributed by atoms with E-state index in [1.165, 1.54) is 24.3 Å². The molecule has 0 saturated heterocycles. The molecule has 138 valence electrons. The molecule has 2 aromatic rings. The molecule has 0 unspecified atom stereocenters. The predicted octanol–water partition coefficient (Wildman–Crippen LogP) is 4.13. The number of hydrogen-bond donors (Lipinski definition) is 0. The number of methoxy groups -OCH3 is 1. The van der Waals surface area contributed by atoms with Crippen LogP contribution in [0.3, 0.4) is 0 Å². The summed E-state index contributed by atoms with van der Waals surface area (Å²) in [5.74, 6) is 0.292. The minimum absolute atomic E-state index is 0.138. The lowest BCUT2D eigenvalue weighted by Crippen LogP contribution is -2.05. The van der Waals surface area contributed by atoms with Gasteiger partial charge in [0.1, 0.15) is 12.4 Å². The normalized spacial score (nSPS) is 14.7. The molecular weight excluding hydrogens is 349 g/mol. The van der Waals surface area contributed by atoms with Crippen molar-refractivity contribution >= 4 is 17.9 Å². The Bertz CT molecular complexity index is 945. The Labute approximate surface area is 156 Å². The predicted molar refractivity (Wildman–Crippen MR) is 100 cm³/mol. The molecule has 0 fully saturated rings. The lowest BCUT2D eigenvalue weighted by molar-refractivity contribution is -0.129. The van der Waals surface area contributed by atoms with Crippen LogP contribution in [0.25, 0.3) is 6.08 Å². The Balaban J connectivity index is 1.88. The van der Waals surface area contributed by atoms with Crippen molar-refractivity contribution < 1.29 is 23.4 Å². The van der Waals surface area contributed by atoms with Crippen molar-refractivity contribution in [1.82, 2.24) is 0 Å². The highest BCUT2D eigenvalue weighted by atomic mass is 19.1. The van der Waals surface area contributed by atoms with Gasteiger partial charge in [0, 0.05) is 5.56 Å². The smallest absolute Gasteiger partial charge is 0.363 e. The van der Waals surface area contributed by atoms with Gasteiger partial charge in [-0.05, 0) is 60.5 Å². The number of cyclic esters (lactones) is 1. The van der Waals surface area contributed by atoms with Crippen LogP contribution in [-0.4, -0.2) is 25.6 Å². The number of carbonyl (C=O) groups excluding carboxylic acids is 1. The van der Waals surface area contributed by atoms with Gasteiger partial charge in [0.15, 0.2) is 17.2 Å². The van der Waals surface area contributed by atoms with Crippen molar-refractivity contribution in [3.05, 3.63) is 77.3 Å². The monoisotopic (exact) mass is 367 g/mol. The highest BCUT2D eigenvalue weighted by Gasteiger charge is 2.24. The van der Waals surface area contributed by atoms with E-state index in [0.717, 1.165) is 5.57 Å². The Morgan fingerprint density at radius 2 is 1.96 bits per heavy atom. The lowest BCUT2D eigenvalue weighted by atomic mass is 10.1. The summed E-state index contributed by atoms with van der Waals surface area (Å²) >= 11 is 0. The third kappa shape index (κ3) is 4.41. The van der Waals surface area contributed by atoms with E-state index in [4.69, 9.17) is 14.2 Å². The van der Waals surface area contributed by atoms with Gasteiger partial charge in [-0.15, -0.1) is 0 Å². The fourth-order valence-corrected chi connectivity index (χ4v) is 2.38. The van der Waals surface area contributed by atoms with Crippen LogP contribution in [0.4, 0.5) is 4.39 Å². The maximum absolute atomic E-state index is 13.0. The summed E-state index contributed by atoms with van der Waals surface area (Å²) in [6.07, 6.45) is 1.59. The van der Waals surface area contributed by atoms with Gasteiger partial charge in [-0.1, -0.05) is 12.6 Å². The van der Waals surface area contributed by atoms with Gasteiger partial charge in [0.2, 0.25) is 5.90 Å². The van der Waals surface area contributed by atoms with E-state index in [1.54, 1.807) is 31.4 Å². The van der Waals surface area contributed by atoms with E-state index in [2.05, 4.69) is 11.6 Å². The van der Waals surface area contributed by atoms with Crippen LogP contribution >= 0.6 is 0 Å². The number of benzene rings is 2.